The molecule has 27 heavy (non-hydrogen) atoms. The van der Waals surface area contributed by atoms with Gasteiger partial charge < -0.3 is 9.15 Å². The van der Waals surface area contributed by atoms with Crippen molar-refractivity contribution in [2.24, 2.45) is 0 Å². The Hall–Kier alpha value is -2.44. The van der Waals surface area contributed by atoms with Gasteiger partial charge in [-0.15, -0.1) is 10.2 Å². The smallest absolute Gasteiger partial charge is 0.233 e. The van der Waals surface area contributed by atoms with Gasteiger partial charge in [0.15, 0.2) is 0 Å². The Bertz CT molecular complexity index is 946. The van der Waals surface area contributed by atoms with Crippen LogP contribution >= 0.6 is 11.6 Å². The maximum Gasteiger partial charge on any atom is 0.233 e. The van der Waals surface area contributed by atoms with Gasteiger partial charge in [0, 0.05) is 26.1 Å². The molecule has 0 bridgehead atoms. The quantitative estimate of drug-likeness (QED) is 0.651. The van der Waals surface area contributed by atoms with E-state index in [2.05, 4.69) is 27.2 Å². The number of fused-ring (bicyclic) bond motifs is 1. The lowest BCUT2D eigenvalue weighted by atomic mass is 9.94. The zero-order valence-corrected chi connectivity index (χ0v) is 15.6. The summed E-state index contributed by atoms with van der Waals surface area (Å²) in [7, 11) is 0. The van der Waals surface area contributed by atoms with Gasteiger partial charge in [-0.3, -0.25) is 4.90 Å². The molecule has 0 aliphatic carbocycles. The van der Waals surface area contributed by atoms with Gasteiger partial charge >= 0.3 is 0 Å². The summed E-state index contributed by atoms with van der Waals surface area (Å²) in [5, 5.41) is 8.27. The summed E-state index contributed by atoms with van der Waals surface area (Å²) in [4.78, 5) is 2.25. The minimum absolute atomic E-state index is 0.00773. The maximum absolute atomic E-state index is 13.6. The Morgan fingerprint density at radius 1 is 1.22 bits per heavy atom. The molecule has 0 spiro atoms. The lowest BCUT2D eigenvalue weighted by Crippen LogP contribution is -2.37. The van der Waals surface area contributed by atoms with Crippen molar-refractivity contribution in [3.8, 4) is 5.75 Å². The van der Waals surface area contributed by atoms with Crippen molar-refractivity contribution in [3.63, 3.8) is 0 Å². The molecule has 1 aliphatic heterocycles. The van der Waals surface area contributed by atoms with Crippen molar-refractivity contribution in [1.82, 2.24) is 15.1 Å². The van der Waals surface area contributed by atoms with Gasteiger partial charge in [0.2, 0.25) is 11.8 Å². The van der Waals surface area contributed by atoms with Crippen molar-refractivity contribution in [3.05, 3.63) is 76.2 Å². The molecule has 5 nitrogen and oxygen atoms in total. The topological polar surface area (TPSA) is 51.4 Å². The molecule has 0 radical (unpaired) electrons. The standard InChI is InChI=1S/C20H19ClFN3O2/c1-13-23-24-20(27-13)19-10-14-4-2-3-5-15(14)12-25(19)8-9-26-16-6-7-17(21)18(22)11-16/h2-7,11,19H,8-10,12H2,1H3. The van der Waals surface area contributed by atoms with E-state index >= 15 is 0 Å². The highest BCUT2D eigenvalue weighted by Gasteiger charge is 2.30. The minimum Gasteiger partial charge on any atom is -0.492 e. The fourth-order valence-electron chi connectivity index (χ4n) is 3.35. The first-order valence-corrected chi connectivity index (χ1v) is 9.16. The molecule has 0 saturated heterocycles. The van der Waals surface area contributed by atoms with E-state index in [0.29, 0.717) is 30.7 Å². The van der Waals surface area contributed by atoms with Crippen molar-refractivity contribution in [2.45, 2.75) is 25.9 Å². The average molecular weight is 388 g/mol. The van der Waals surface area contributed by atoms with Crippen LogP contribution in [0, 0.1) is 12.7 Å². The second-order valence-electron chi connectivity index (χ2n) is 6.54. The molecule has 0 amide bonds. The Kier molecular flexibility index (Phi) is 5.09. The number of aryl methyl sites for hydroxylation is 1. The van der Waals surface area contributed by atoms with Gasteiger partial charge in [-0.2, -0.15) is 0 Å². The normalized spacial score (nSPS) is 16.9. The van der Waals surface area contributed by atoms with Crippen LogP contribution in [0.2, 0.25) is 5.02 Å². The first kappa shape index (κ1) is 17.9. The molecule has 0 fully saturated rings. The molecular formula is C20H19ClFN3O2. The first-order chi connectivity index (χ1) is 13.1. The molecule has 1 aromatic heterocycles. The number of rotatable bonds is 5. The third kappa shape index (κ3) is 3.96. The molecule has 1 unspecified atom stereocenters. The summed E-state index contributed by atoms with van der Waals surface area (Å²) in [5.74, 6) is 1.14. The highest BCUT2D eigenvalue weighted by molar-refractivity contribution is 6.30. The van der Waals surface area contributed by atoms with Crippen molar-refractivity contribution in [1.29, 1.82) is 0 Å². The van der Waals surface area contributed by atoms with Crippen LogP contribution in [0.4, 0.5) is 4.39 Å². The van der Waals surface area contributed by atoms with Gasteiger partial charge in [-0.25, -0.2) is 4.39 Å². The van der Waals surface area contributed by atoms with Crippen LogP contribution in [0.5, 0.6) is 5.75 Å². The average Bonchev–Trinajstić information content (AvgIpc) is 3.10. The van der Waals surface area contributed by atoms with Crippen molar-refractivity contribution >= 4 is 11.6 Å². The van der Waals surface area contributed by atoms with Crippen molar-refractivity contribution < 1.29 is 13.5 Å². The Labute approximate surface area is 161 Å². The fraction of sp³-hybridized carbons (Fsp3) is 0.300. The lowest BCUT2D eigenvalue weighted by molar-refractivity contribution is 0.120. The molecule has 0 N–H and O–H groups in total. The monoisotopic (exact) mass is 387 g/mol. The van der Waals surface area contributed by atoms with Crippen LogP contribution in [0.1, 0.15) is 29.0 Å². The van der Waals surface area contributed by atoms with E-state index in [9.17, 15) is 4.39 Å². The van der Waals surface area contributed by atoms with Crippen LogP contribution in [0.15, 0.2) is 46.9 Å². The number of ether oxygens (including phenoxy) is 1. The van der Waals surface area contributed by atoms with Gasteiger partial charge in [-0.1, -0.05) is 35.9 Å². The van der Waals surface area contributed by atoms with Gasteiger partial charge in [0.25, 0.3) is 0 Å². The maximum atomic E-state index is 13.6. The molecule has 7 heteroatoms. The van der Waals surface area contributed by atoms with E-state index in [1.165, 1.54) is 23.3 Å². The number of nitrogens with zero attached hydrogens (tertiary/aromatic N) is 3. The first-order valence-electron chi connectivity index (χ1n) is 8.79. The predicted molar refractivity (Wildman–Crippen MR) is 99.2 cm³/mol. The van der Waals surface area contributed by atoms with E-state index in [0.717, 1.165) is 13.0 Å². The van der Waals surface area contributed by atoms with Crippen LogP contribution in [-0.4, -0.2) is 28.2 Å². The second kappa shape index (κ2) is 7.66. The largest absolute Gasteiger partial charge is 0.492 e. The number of aromatic nitrogens is 2. The fourth-order valence-corrected chi connectivity index (χ4v) is 3.47. The molecule has 2 heterocycles. The molecular weight excluding hydrogens is 369 g/mol. The highest BCUT2D eigenvalue weighted by Crippen LogP contribution is 2.32. The number of hydrogen-bond donors (Lipinski definition) is 0. The summed E-state index contributed by atoms with van der Waals surface area (Å²) in [6.45, 7) is 3.61. The number of hydrogen-bond acceptors (Lipinski definition) is 5. The van der Waals surface area contributed by atoms with E-state index in [-0.39, 0.29) is 11.1 Å². The summed E-state index contributed by atoms with van der Waals surface area (Å²) in [5.41, 5.74) is 2.57. The van der Waals surface area contributed by atoms with Crippen molar-refractivity contribution in [2.75, 3.05) is 13.2 Å². The third-order valence-corrected chi connectivity index (χ3v) is 5.02. The molecule has 0 saturated carbocycles. The van der Waals surface area contributed by atoms with Gasteiger partial charge in [0.1, 0.15) is 18.2 Å². The van der Waals surface area contributed by atoms with Crippen LogP contribution < -0.4 is 4.74 Å². The summed E-state index contributed by atoms with van der Waals surface area (Å²) in [6.07, 6.45) is 0.799. The Morgan fingerprint density at radius 2 is 2.04 bits per heavy atom. The van der Waals surface area contributed by atoms with E-state index in [1.54, 1.807) is 13.0 Å². The van der Waals surface area contributed by atoms with E-state index in [4.69, 9.17) is 20.8 Å². The summed E-state index contributed by atoms with van der Waals surface area (Å²) < 4.78 is 25.0. The molecule has 1 atom stereocenters. The zero-order chi connectivity index (χ0) is 18.8. The molecule has 3 aromatic rings. The van der Waals surface area contributed by atoms with Gasteiger partial charge in [0.05, 0.1) is 11.1 Å². The number of halogens is 2. The van der Waals surface area contributed by atoms with Crippen LogP contribution in [-0.2, 0) is 13.0 Å². The number of benzene rings is 2. The highest BCUT2D eigenvalue weighted by atomic mass is 35.5. The minimum atomic E-state index is -0.486. The zero-order valence-electron chi connectivity index (χ0n) is 14.9. The Balaban J connectivity index is 1.49. The van der Waals surface area contributed by atoms with Crippen LogP contribution in [0.25, 0.3) is 0 Å². The van der Waals surface area contributed by atoms with E-state index < -0.39 is 5.82 Å². The van der Waals surface area contributed by atoms with Crippen LogP contribution in [0.3, 0.4) is 0 Å². The van der Waals surface area contributed by atoms with Gasteiger partial charge in [-0.05, 0) is 29.7 Å². The Morgan fingerprint density at radius 3 is 2.78 bits per heavy atom. The SMILES string of the molecule is Cc1nnc(C2Cc3ccccc3CN2CCOc2ccc(Cl)c(F)c2)o1. The predicted octanol–water partition coefficient (Wildman–Crippen LogP) is 4.35. The lowest BCUT2D eigenvalue weighted by Gasteiger charge is -2.34. The molecule has 4 rings (SSSR count). The summed E-state index contributed by atoms with van der Waals surface area (Å²) >= 11 is 5.71. The molecule has 1 aliphatic rings. The summed E-state index contributed by atoms with van der Waals surface area (Å²) in [6, 6.07) is 12.8. The third-order valence-electron chi connectivity index (χ3n) is 4.71. The second-order valence-corrected chi connectivity index (χ2v) is 6.95. The molecule has 140 valence electrons. The van der Waals surface area contributed by atoms with E-state index in [1.807, 2.05) is 12.1 Å². The molecule has 2 aromatic carbocycles.